The second-order valence-corrected chi connectivity index (χ2v) is 4.89. The molecule has 20 heavy (non-hydrogen) atoms. The van der Waals surface area contributed by atoms with E-state index in [9.17, 15) is 9.59 Å². The SMILES string of the molecule is CCNC(=O)c1ccc(NCC(=O)NCC2CC2)nc1. The Balaban J connectivity index is 1.74. The zero-order valence-electron chi connectivity index (χ0n) is 11.6. The van der Waals surface area contributed by atoms with Crippen molar-refractivity contribution in [2.75, 3.05) is 25.0 Å². The molecule has 108 valence electrons. The Morgan fingerprint density at radius 3 is 2.70 bits per heavy atom. The average molecular weight is 276 g/mol. The van der Waals surface area contributed by atoms with E-state index in [0.717, 1.165) is 6.54 Å². The van der Waals surface area contributed by atoms with Crippen molar-refractivity contribution in [1.82, 2.24) is 15.6 Å². The first-order chi connectivity index (χ1) is 9.69. The minimum atomic E-state index is -0.145. The maximum Gasteiger partial charge on any atom is 0.252 e. The predicted molar refractivity (Wildman–Crippen MR) is 76.5 cm³/mol. The molecule has 0 aromatic carbocycles. The lowest BCUT2D eigenvalue weighted by atomic mass is 10.2. The molecule has 1 aliphatic carbocycles. The molecule has 1 aliphatic rings. The van der Waals surface area contributed by atoms with Gasteiger partial charge in [0.25, 0.3) is 5.91 Å². The average Bonchev–Trinajstić information content (AvgIpc) is 3.28. The number of nitrogens with zero attached hydrogens (tertiary/aromatic N) is 1. The second-order valence-electron chi connectivity index (χ2n) is 4.89. The number of hydrogen-bond acceptors (Lipinski definition) is 4. The molecule has 1 aromatic rings. The number of carbonyl (C=O) groups is 2. The third kappa shape index (κ3) is 4.53. The lowest BCUT2D eigenvalue weighted by Gasteiger charge is -2.07. The quantitative estimate of drug-likeness (QED) is 0.687. The first-order valence-electron chi connectivity index (χ1n) is 6.94. The van der Waals surface area contributed by atoms with Crippen molar-refractivity contribution >= 4 is 17.6 Å². The number of amides is 2. The van der Waals surface area contributed by atoms with Crippen molar-refractivity contribution in [2.45, 2.75) is 19.8 Å². The molecule has 1 fully saturated rings. The van der Waals surface area contributed by atoms with Gasteiger partial charge < -0.3 is 16.0 Å². The largest absolute Gasteiger partial charge is 0.361 e. The number of nitrogens with one attached hydrogen (secondary N) is 3. The van der Waals surface area contributed by atoms with Gasteiger partial charge in [-0.15, -0.1) is 0 Å². The maximum atomic E-state index is 11.5. The molecular formula is C14H20N4O2. The first kappa shape index (κ1) is 14.3. The van der Waals surface area contributed by atoms with Gasteiger partial charge in [0.1, 0.15) is 5.82 Å². The van der Waals surface area contributed by atoms with Gasteiger partial charge in [-0.2, -0.15) is 0 Å². The predicted octanol–water partition coefficient (Wildman–Crippen LogP) is 0.769. The number of rotatable bonds is 7. The highest BCUT2D eigenvalue weighted by Gasteiger charge is 2.21. The van der Waals surface area contributed by atoms with E-state index in [2.05, 4.69) is 20.9 Å². The zero-order valence-corrected chi connectivity index (χ0v) is 11.6. The van der Waals surface area contributed by atoms with Crippen LogP contribution in [0, 0.1) is 5.92 Å². The van der Waals surface area contributed by atoms with E-state index >= 15 is 0 Å². The Morgan fingerprint density at radius 1 is 1.30 bits per heavy atom. The summed E-state index contributed by atoms with van der Waals surface area (Å²) in [5.41, 5.74) is 0.510. The summed E-state index contributed by atoms with van der Waals surface area (Å²) in [6.45, 7) is 3.41. The standard InChI is InChI=1S/C14H20N4O2/c1-2-15-14(20)11-5-6-12(16-8-11)17-9-13(19)18-7-10-3-4-10/h5-6,8,10H,2-4,7,9H2,1H3,(H,15,20)(H,16,17)(H,18,19). The Kier molecular flexibility index (Phi) is 4.92. The zero-order chi connectivity index (χ0) is 14.4. The number of hydrogen-bond donors (Lipinski definition) is 3. The summed E-state index contributed by atoms with van der Waals surface area (Å²) in [6, 6.07) is 3.38. The van der Waals surface area contributed by atoms with Crippen LogP contribution in [0.1, 0.15) is 30.1 Å². The molecular weight excluding hydrogens is 256 g/mol. The lowest BCUT2D eigenvalue weighted by Crippen LogP contribution is -2.31. The minimum absolute atomic E-state index is 0.0356. The highest BCUT2D eigenvalue weighted by molar-refractivity contribution is 5.94. The van der Waals surface area contributed by atoms with Gasteiger partial charge in [0, 0.05) is 19.3 Å². The van der Waals surface area contributed by atoms with Crippen molar-refractivity contribution < 1.29 is 9.59 Å². The fourth-order valence-electron chi connectivity index (χ4n) is 1.71. The van der Waals surface area contributed by atoms with Crippen LogP contribution in [0.4, 0.5) is 5.82 Å². The molecule has 0 spiro atoms. The first-order valence-corrected chi connectivity index (χ1v) is 6.94. The third-order valence-corrected chi connectivity index (χ3v) is 3.08. The summed E-state index contributed by atoms with van der Waals surface area (Å²) in [7, 11) is 0. The highest BCUT2D eigenvalue weighted by Crippen LogP contribution is 2.27. The Bertz CT molecular complexity index is 469. The van der Waals surface area contributed by atoms with Crippen molar-refractivity contribution in [1.29, 1.82) is 0 Å². The normalized spacial score (nSPS) is 13.7. The van der Waals surface area contributed by atoms with Crippen LogP contribution in [0.3, 0.4) is 0 Å². The molecule has 3 N–H and O–H groups in total. The number of aromatic nitrogens is 1. The van der Waals surface area contributed by atoms with Crippen molar-refractivity contribution in [3.63, 3.8) is 0 Å². The fourth-order valence-corrected chi connectivity index (χ4v) is 1.71. The summed E-state index contributed by atoms with van der Waals surface area (Å²) in [5.74, 6) is 1.08. The molecule has 1 aromatic heterocycles. The molecule has 0 aliphatic heterocycles. The van der Waals surface area contributed by atoms with Crippen LogP contribution in [0.15, 0.2) is 18.3 Å². The summed E-state index contributed by atoms with van der Waals surface area (Å²) < 4.78 is 0. The van der Waals surface area contributed by atoms with Crippen LogP contribution in [0.25, 0.3) is 0 Å². The number of anilines is 1. The third-order valence-electron chi connectivity index (χ3n) is 3.08. The topological polar surface area (TPSA) is 83.1 Å². The number of carbonyl (C=O) groups excluding carboxylic acids is 2. The highest BCUT2D eigenvalue weighted by atomic mass is 16.2. The summed E-state index contributed by atoms with van der Waals surface area (Å²) >= 11 is 0. The van der Waals surface area contributed by atoms with Crippen LogP contribution < -0.4 is 16.0 Å². The van der Waals surface area contributed by atoms with Crippen LogP contribution >= 0.6 is 0 Å². The van der Waals surface area contributed by atoms with E-state index in [4.69, 9.17) is 0 Å². The van der Waals surface area contributed by atoms with Crippen molar-refractivity contribution in [3.8, 4) is 0 Å². The minimum Gasteiger partial charge on any atom is -0.361 e. The Hall–Kier alpha value is -2.11. The molecule has 2 rings (SSSR count). The van der Waals surface area contributed by atoms with Gasteiger partial charge in [-0.25, -0.2) is 4.98 Å². The fraction of sp³-hybridized carbons (Fsp3) is 0.500. The maximum absolute atomic E-state index is 11.5. The molecule has 6 nitrogen and oxygen atoms in total. The van der Waals surface area contributed by atoms with Gasteiger partial charge in [-0.3, -0.25) is 9.59 Å². The number of pyridine rings is 1. The van der Waals surface area contributed by atoms with E-state index < -0.39 is 0 Å². The van der Waals surface area contributed by atoms with Crippen LogP contribution in [0.5, 0.6) is 0 Å². The van der Waals surface area contributed by atoms with Gasteiger partial charge in [0.05, 0.1) is 12.1 Å². The molecule has 6 heteroatoms. The van der Waals surface area contributed by atoms with E-state index in [1.54, 1.807) is 12.1 Å². The molecule has 0 radical (unpaired) electrons. The lowest BCUT2D eigenvalue weighted by molar-refractivity contribution is -0.119. The van der Waals surface area contributed by atoms with E-state index in [0.29, 0.717) is 23.8 Å². The molecule has 0 unspecified atom stereocenters. The van der Waals surface area contributed by atoms with E-state index in [1.807, 2.05) is 6.92 Å². The van der Waals surface area contributed by atoms with Gasteiger partial charge in [-0.1, -0.05) is 0 Å². The summed E-state index contributed by atoms with van der Waals surface area (Å²) in [5, 5.41) is 8.50. The van der Waals surface area contributed by atoms with Gasteiger partial charge in [0.2, 0.25) is 5.91 Å². The Morgan fingerprint density at radius 2 is 2.10 bits per heavy atom. The molecule has 0 saturated heterocycles. The molecule has 2 amide bonds. The van der Waals surface area contributed by atoms with Gasteiger partial charge in [0.15, 0.2) is 0 Å². The van der Waals surface area contributed by atoms with E-state index in [1.165, 1.54) is 19.0 Å². The monoisotopic (exact) mass is 276 g/mol. The molecule has 1 saturated carbocycles. The van der Waals surface area contributed by atoms with Crippen LogP contribution in [-0.4, -0.2) is 36.4 Å². The van der Waals surface area contributed by atoms with Gasteiger partial charge in [-0.05, 0) is 37.8 Å². The second kappa shape index (κ2) is 6.88. The molecule has 0 atom stereocenters. The molecule has 0 bridgehead atoms. The van der Waals surface area contributed by atoms with E-state index in [-0.39, 0.29) is 18.4 Å². The smallest absolute Gasteiger partial charge is 0.252 e. The van der Waals surface area contributed by atoms with Crippen LogP contribution in [-0.2, 0) is 4.79 Å². The van der Waals surface area contributed by atoms with Gasteiger partial charge >= 0.3 is 0 Å². The van der Waals surface area contributed by atoms with Crippen LogP contribution in [0.2, 0.25) is 0 Å². The summed E-state index contributed by atoms with van der Waals surface area (Å²) in [4.78, 5) is 27.2. The molecule has 1 heterocycles. The summed E-state index contributed by atoms with van der Waals surface area (Å²) in [6.07, 6.45) is 3.93. The van der Waals surface area contributed by atoms with Crippen molar-refractivity contribution in [2.24, 2.45) is 5.92 Å². The van der Waals surface area contributed by atoms with Crippen molar-refractivity contribution in [3.05, 3.63) is 23.9 Å². The Labute approximate surface area is 118 Å².